The number of carbonyl (C=O) groups excluding carboxylic acids is 2. The van der Waals surface area contributed by atoms with Crippen LogP contribution in [0.5, 0.6) is 0 Å². The smallest absolute Gasteiger partial charge is 0.262 e. The number of para-hydroxylation sites is 1. The summed E-state index contributed by atoms with van der Waals surface area (Å²) >= 11 is 1.26. The van der Waals surface area contributed by atoms with Crippen molar-refractivity contribution in [1.29, 1.82) is 0 Å². The number of unbranched alkanes of at least 4 members (excludes halogenated alkanes) is 2. The fraction of sp³-hybridized carbons (Fsp3) is 0.286. The lowest BCUT2D eigenvalue weighted by Gasteiger charge is -2.13. The normalized spacial score (nSPS) is 10.9. The predicted molar refractivity (Wildman–Crippen MR) is 144 cm³/mol. The van der Waals surface area contributed by atoms with Crippen molar-refractivity contribution < 1.29 is 14.0 Å². The summed E-state index contributed by atoms with van der Waals surface area (Å²) in [6.07, 6.45) is 4.21. The minimum Gasteiger partial charge on any atom is -0.467 e. The van der Waals surface area contributed by atoms with Crippen molar-refractivity contribution in [3.05, 3.63) is 94.7 Å². The Labute approximate surface area is 219 Å². The molecule has 192 valence electrons. The maximum atomic E-state index is 13.2. The molecule has 0 bridgehead atoms. The Morgan fingerprint density at radius 2 is 1.65 bits per heavy atom. The standard InChI is InChI=1S/C28H30N4O4S/c33-25(30-19-22-12-9-17-36-22)15-5-2-8-16-32-27(35)23-13-6-7-14-24(23)31-28(32)37-20-26(34)29-18-21-10-3-1-4-11-21/h1,3-4,6-7,9-14,17H,2,5,8,15-16,18-20H2,(H,29,34)(H,30,33). The van der Waals surface area contributed by atoms with E-state index in [4.69, 9.17) is 4.42 Å². The molecule has 0 aliphatic heterocycles. The first-order valence-electron chi connectivity index (χ1n) is 12.3. The molecule has 0 saturated carbocycles. The van der Waals surface area contributed by atoms with Crippen molar-refractivity contribution >= 4 is 34.5 Å². The van der Waals surface area contributed by atoms with Crippen molar-refractivity contribution in [1.82, 2.24) is 20.2 Å². The second-order valence-corrected chi connectivity index (χ2v) is 9.53. The van der Waals surface area contributed by atoms with Crippen LogP contribution in [0.15, 0.2) is 87.4 Å². The van der Waals surface area contributed by atoms with Crippen LogP contribution in [0.3, 0.4) is 0 Å². The van der Waals surface area contributed by atoms with Crippen LogP contribution in [-0.2, 0) is 29.2 Å². The number of thioether (sulfide) groups is 1. The van der Waals surface area contributed by atoms with Gasteiger partial charge in [0.1, 0.15) is 5.76 Å². The van der Waals surface area contributed by atoms with Gasteiger partial charge in [0.15, 0.2) is 5.16 Å². The SMILES string of the molecule is O=C(CCCCCn1c(SCC(=O)NCc2ccccc2)nc2ccccc2c1=O)NCc1ccco1. The van der Waals surface area contributed by atoms with Gasteiger partial charge in [0.25, 0.3) is 5.56 Å². The van der Waals surface area contributed by atoms with Gasteiger partial charge in [-0.2, -0.15) is 0 Å². The zero-order valence-electron chi connectivity index (χ0n) is 20.5. The number of nitrogens with zero attached hydrogens (tertiary/aromatic N) is 2. The molecule has 2 aromatic heterocycles. The summed E-state index contributed by atoms with van der Waals surface area (Å²) in [6.45, 7) is 1.30. The molecule has 8 nitrogen and oxygen atoms in total. The third-order valence-corrected chi connectivity index (χ3v) is 6.79. The number of nitrogens with one attached hydrogen (secondary N) is 2. The summed E-state index contributed by atoms with van der Waals surface area (Å²) in [5, 5.41) is 6.83. The van der Waals surface area contributed by atoms with E-state index >= 15 is 0 Å². The molecule has 0 atom stereocenters. The van der Waals surface area contributed by atoms with Crippen molar-refractivity contribution in [2.75, 3.05) is 5.75 Å². The lowest BCUT2D eigenvalue weighted by Crippen LogP contribution is -2.27. The minimum absolute atomic E-state index is 0.0290. The van der Waals surface area contributed by atoms with Crippen LogP contribution in [0.1, 0.15) is 37.0 Å². The fourth-order valence-corrected chi connectivity index (χ4v) is 4.71. The number of hydrogen-bond donors (Lipinski definition) is 2. The maximum absolute atomic E-state index is 13.2. The number of benzene rings is 2. The summed E-state index contributed by atoms with van der Waals surface area (Å²) < 4.78 is 6.86. The molecule has 2 amide bonds. The molecule has 0 radical (unpaired) electrons. The van der Waals surface area contributed by atoms with Crippen LogP contribution in [0.25, 0.3) is 10.9 Å². The molecule has 2 N–H and O–H groups in total. The minimum atomic E-state index is -0.122. The molecule has 4 aromatic rings. The fourth-order valence-electron chi connectivity index (χ4n) is 3.85. The first-order valence-corrected chi connectivity index (χ1v) is 13.3. The van der Waals surface area contributed by atoms with Gasteiger partial charge in [-0.3, -0.25) is 19.0 Å². The average Bonchev–Trinajstić information content (AvgIpc) is 3.45. The van der Waals surface area contributed by atoms with Gasteiger partial charge in [-0.25, -0.2) is 4.98 Å². The number of hydrogen-bond acceptors (Lipinski definition) is 6. The number of fused-ring (bicyclic) bond motifs is 1. The van der Waals surface area contributed by atoms with Crippen molar-refractivity contribution in [3.8, 4) is 0 Å². The Bertz CT molecular complexity index is 1370. The number of amides is 2. The Morgan fingerprint density at radius 3 is 2.46 bits per heavy atom. The van der Waals surface area contributed by atoms with Crippen LogP contribution in [-0.4, -0.2) is 27.1 Å². The Morgan fingerprint density at radius 1 is 0.865 bits per heavy atom. The molecule has 2 aromatic carbocycles. The lowest BCUT2D eigenvalue weighted by atomic mass is 10.2. The molecule has 0 aliphatic rings. The molecule has 0 saturated heterocycles. The Balaban J connectivity index is 1.31. The molecule has 9 heteroatoms. The van der Waals surface area contributed by atoms with E-state index in [-0.39, 0.29) is 23.1 Å². The number of rotatable bonds is 13. The Kier molecular flexibility index (Phi) is 9.54. The Hall–Kier alpha value is -3.85. The summed E-state index contributed by atoms with van der Waals surface area (Å²) in [4.78, 5) is 42.4. The topological polar surface area (TPSA) is 106 Å². The van der Waals surface area contributed by atoms with Gasteiger partial charge >= 0.3 is 0 Å². The number of carbonyl (C=O) groups is 2. The van der Waals surface area contributed by atoms with Gasteiger partial charge in [0.2, 0.25) is 11.8 Å². The second kappa shape index (κ2) is 13.5. The zero-order valence-corrected chi connectivity index (χ0v) is 21.3. The molecule has 37 heavy (non-hydrogen) atoms. The maximum Gasteiger partial charge on any atom is 0.262 e. The third-order valence-electron chi connectivity index (χ3n) is 5.82. The predicted octanol–water partition coefficient (Wildman–Crippen LogP) is 4.27. The van der Waals surface area contributed by atoms with Gasteiger partial charge in [-0.05, 0) is 42.7 Å². The van der Waals surface area contributed by atoms with Crippen molar-refractivity contribution in [3.63, 3.8) is 0 Å². The van der Waals surface area contributed by atoms with E-state index in [1.54, 1.807) is 23.0 Å². The highest BCUT2D eigenvalue weighted by molar-refractivity contribution is 7.99. The van der Waals surface area contributed by atoms with E-state index in [0.717, 1.165) is 24.2 Å². The first kappa shape index (κ1) is 26.2. The van der Waals surface area contributed by atoms with Gasteiger partial charge in [-0.1, -0.05) is 60.6 Å². The van der Waals surface area contributed by atoms with E-state index in [1.165, 1.54) is 11.8 Å². The largest absolute Gasteiger partial charge is 0.467 e. The van der Waals surface area contributed by atoms with E-state index < -0.39 is 0 Å². The lowest BCUT2D eigenvalue weighted by molar-refractivity contribution is -0.121. The van der Waals surface area contributed by atoms with Crippen LogP contribution in [0.4, 0.5) is 0 Å². The molecule has 0 aliphatic carbocycles. The quantitative estimate of drug-likeness (QED) is 0.156. The first-order chi connectivity index (χ1) is 18.1. The van der Waals surface area contributed by atoms with Gasteiger partial charge in [0, 0.05) is 19.5 Å². The molecular formula is C28H30N4O4S. The molecule has 0 spiro atoms. The van der Waals surface area contributed by atoms with E-state index in [9.17, 15) is 14.4 Å². The second-order valence-electron chi connectivity index (χ2n) is 8.59. The monoisotopic (exact) mass is 518 g/mol. The third kappa shape index (κ3) is 7.82. The molecule has 0 unspecified atom stereocenters. The van der Waals surface area contributed by atoms with Gasteiger partial charge in [-0.15, -0.1) is 0 Å². The van der Waals surface area contributed by atoms with Gasteiger partial charge < -0.3 is 15.1 Å². The number of furan rings is 1. The van der Waals surface area contributed by atoms with E-state index in [0.29, 0.717) is 48.5 Å². The summed E-state index contributed by atoms with van der Waals surface area (Å²) in [7, 11) is 0. The van der Waals surface area contributed by atoms with E-state index in [2.05, 4.69) is 15.6 Å². The zero-order chi connectivity index (χ0) is 25.9. The molecule has 2 heterocycles. The summed E-state index contributed by atoms with van der Waals surface area (Å²) in [6, 6.07) is 20.6. The van der Waals surface area contributed by atoms with Crippen LogP contribution >= 0.6 is 11.8 Å². The summed E-state index contributed by atoms with van der Waals surface area (Å²) in [5.41, 5.74) is 1.52. The summed E-state index contributed by atoms with van der Waals surface area (Å²) in [5.74, 6) is 0.727. The molecule has 0 fully saturated rings. The van der Waals surface area contributed by atoms with E-state index in [1.807, 2.05) is 54.6 Å². The number of aromatic nitrogens is 2. The van der Waals surface area contributed by atoms with Crippen molar-refractivity contribution in [2.45, 2.75) is 50.5 Å². The average molecular weight is 519 g/mol. The van der Waals surface area contributed by atoms with Crippen LogP contribution < -0.4 is 16.2 Å². The molecular weight excluding hydrogens is 488 g/mol. The highest BCUT2D eigenvalue weighted by Crippen LogP contribution is 2.18. The highest BCUT2D eigenvalue weighted by atomic mass is 32.2. The van der Waals surface area contributed by atoms with Crippen LogP contribution in [0, 0.1) is 0 Å². The molecule has 4 rings (SSSR count). The highest BCUT2D eigenvalue weighted by Gasteiger charge is 2.13. The van der Waals surface area contributed by atoms with Crippen LogP contribution in [0.2, 0.25) is 0 Å². The van der Waals surface area contributed by atoms with Gasteiger partial charge in [0.05, 0.1) is 29.5 Å². The van der Waals surface area contributed by atoms with Crippen molar-refractivity contribution in [2.24, 2.45) is 0 Å².